The molecule has 23 heavy (non-hydrogen) atoms. The highest BCUT2D eigenvalue weighted by atomic mass is 35.5. The first-order valence-corrected chi connectivity index (χ1v) is 9.43. The van der Waals surface area contributed by atoms with Crippen LogP contribution in [0.1, 0.15) is 11.8 Å². The van der Waals surface area contributed by atoms with Crippen LogP contribution in [0.15, 0.2) is 27.4 Å². The highest BCUT2D eigenvalue weighted by molar-refractivity contribution is 7.92. The second-order valence-corrected chi connectivity index (χ2v) is 8.18. The number of aryl methyl sites for hydroxylation is 1. The molecule has 9 heteroatoms. The summed E-state index contributed by atoms with van der Waals surface area (Å²) in [5.74, 6) is -0.431. The third-order valence-electron chi connectivity index (χ3n) is 3.43. The van der Waals surface area contributed by atoms with Gasteiger partial charge in [0.05, 0.1) is 10.7 Å². The zero-order valence-corrected chi connectivity index (χ0v) is 14.7. The van der Waals surface area contributed by atoms with Gasteiger partial charge in [0, 0.05) is 23.1 Å². The quantitative estimate of drug-likeness (QED) is 0.846. The lowest BCUT2D eigenvalue weighted by molar-refractivity contribution is 0.594. The summed E-state index contributed by atoms with van der Waals surface area (Å²) in [6, 6.07) is 4.48. The number of nitrogens with one attached hydrogen (secondary N) is 2. The van der Waals surface area contributed by atoms with Gasteiger partial charge in [0.2, 0.25) is 5.96 Å². The second-order valence-electron chi connectivity index (χ2n) is 4.82. The number of nitrogens with zero attached hydrogens (tertiary/aromatic N) is 1. The number of benzene rings is 1. The summed E-state index contributed by atoms with van der Waals surface area (Å²) in [6.07, 6.45) is 0.593. The van der Waals surface area contributed by atoms with Crippen molar-refractivity contribution in [2.45, 2.75) is 17.6 Å². The highest BCUT2D eigenvalue weighted by Gasteiger charge is 2.33. The van der Waals surface area contributed by atoms with E-state index in [1.807, 2.05) is 6.92 Å². The summed E-state index contributed by atoms with van der Waals surface area (Å²) in [5.41, 5.74) is 1.45. The number of thiophene rings is 1. The summed E-state index contributed by atoms with van der Waals surface area (Å²) in [7, 11) is -2.24. The molecule has 0 saturated carbocycles. The molecule has 0 amide bonds. The molecule has 0 radical (unpaired) electrons. The van der Waals surface area contributed by atoms with E-state index in [-0.39, 0.29) is 15.2 Å². The summed E-state index contributed by atoms with van der Waals surface area (Å²) >= 11 is 7.25. The number of guanidine groups is 1. The number of halogens is 2. The van der Waals surface area contributed by atoms with Gasteiger partial charge in [0.25, 0.3) is 10.0 Å². The van der Waals surface area contributed by atoms with Crippen LogP contribution < -0.4 is 10.0 Å². The van der Waals surface area contributed by atoms with E-state index in [2.05, 4.69) is 15.0 Å². The van der Waals surface area contributed by atoms with Crippen LogP contribution in [0.25, 0.3) is 11.1 Å². The van der Waals surface area contributed by atoms with Crippen molar-refractivity contribution in [2.24, 2.45) is 4.99 Å². The van der Waals surface area contributed by atoms with E-state index in [0.29, 0.717) is 23.2 Å². The Balaban J connectivity index is 2.35. The average Bonchev–Trinajstić information content (AvgIpc) is 2.89. The van der Waals surface area contributed by atoms with Crippen LogP contribution in [-0.2, 0) is 16.4 Å². The normalized spacial score (nSPS) is 17.5. The fourth-order valence-corrected chi connectivity index (χ4v) is 5.34. The summed E-state index contributed by atoms with van der Waals surface area (Å²) < 4.78 is 41.1. The van der Waals surface area contributed by atoms with Crippen molar-refractivity contribution in [3.05, 3.63) is 33.9 Å². The molecule has 2 heterocycles. The number of fused-ring (bicyclic) bond motifs is 1. The van der Waals surface area contributed by atoms with Crippen molar-refractivity contribution in [3.8, 4) is 11.1 Å². The molecule has 3 rings (SSSR count). The molecule has 1 aliphatic rings. The number of hydrogen-bond donors (Lipinski definition) is 2. The van der Waals surface area contributed by atoms with Gasteiger partial charge in [-0.3, -0.25) is 4.99 Å². The van der Waals surface area contributed by atoms with E-state index >= 15 is 0 Å². The molecule has 0 spiro atoms. The van der Waals surface area contributed by atoms with E-state index in [1.54, 1.807) is 12.1 Å². The molecular weight excluding hydrogens is 361 g/mol. The summed E-state index contributed by atoms with van der Waals surface area (Å²) in [5, 5.41) is 2.93. The van der Waals surface area contributed by atoms with Gasteiger partial charge in [-0.05, 0) is 12.5 Å². The van der Waals surface area contributed by atoms with E-state index in [4.69, 9.17) is 11.6 Å². The lowest BCUT2D eigenvalue weighted by Gasteiger charge is -2.19. The number of rotatable bonds is 2. The van der Waals surface area contributed by atoms with Gasteiger partial charge in [-0.25, -0.2) is 17.5 Å². The molecule has 1 aromatic carbocycles. The van der Waals surface area contributed by atoms with Gasteiger partial charge in [-0.2, -0.15) is 0 Å². The lowest BCUT2D eigenvalue weighted by Crippen LogP contribution is -2.39. The van der Waals surface area contributed by atoms with E-state index in [9.17, 15) is 12.8 Å². The van der Waals surface area contributed by atoms with E-state index < -0.39 is 15.8 Å². The minimum atomic E-state index is -3.71. The molecule has 2 N–H and O–H groups in total. The Morgan fingerprint density at radius 2 is 2.13 bits per heavy atom. The maximum atomic E-state index is 13.8. The minimum Gasteiger partial charge on any atom is -0.323 e. The van der Waals surface area contributed by atoms with Crippen LogP contribution >= 0.6 is 22.9 Å². The van der Waals surface area contributed by atoms with Crippen LogP contribution in [0.2, 0.25) is 5.02 Å². The molecule has 0 atom stereocenters. The zero-order valence-electron chi connectivity index (χ0n) is 12.3. The van der Waals surface area contributed by atoms with Gasteiger partial charge < -0.3 is 5.32 Å². The number of anilines is 1. The predicted octanol–water partition coefficient (Wildman–Crippen LogP) is 3.46. The molecular formula is C14H13ClFN3O2S2. The Morgan fingerprint density at radius 1 is 1.39 bits per heavy atom. The summed E-state index contributed by atoms with van der Waals surface area (Å²) in [6.45, 7) is 1.91. The first kappa shape index (κ1) is 16.2. The maximum absolute atomic E-state index is 13.8. The predicted molar refractivity (Wildman–Crippen MR) is 91.4 cm³/mol. The molecule has 0 fully saturated rings. The third-order valence-corrected chi connectivity index (χ3v) is 7.01. The molecule has 122 valence electrons. The standard InChI is InChI=1S/C14H13ClFN3O2S2/c1-3-9-10(7-5-4-6-8(16)11(7)15)12-13(22-9)23(20,21)19-14(17-2)18-12/h4-6H,3H2,1-2H3,(H2,17,18,19). The molecule has 0 aliphatic carbocycles. The van der Waals surface area contributed by atoms with E-state index in [0.717, 1.165) is 16.2 Å². The van der Waals surface area contributed by atoms with Crippen molar-refractivity contribution in [3.63, 3.8) is 0 Å². The molecule has 0 bridgehead atoms. The first-order valence-electron chi connectivity index (χ1n) is 6.75. The molecule has 0 unspecified atom stereocenters. The maximum Gasteiger partial charge on any atom is 0.275 e. The van der Waals surface area contributed by atoms with Gasteiger partial charge in [-0.15, -0.1) is 11.3 Å². The lowest BCUT2D eigenvalue weighted by atomic mass is 10.0. The Labute approximate surface area is 142 Å². The monoisotopic (exact) mass is 373 g/mol. The summed E-state index contributed by atoms with van der Waals surface area (Å²) in [4.78, 5) is 4.67. The third kappa shape index (κ3) is 2.60. The first-order chi connectivity index (χ1) is 10.9. The van der Waals surface area contributed by atoms with Crippen LogP contribution in [0.3, 0.4) is 0 Å². The van der Waals surface area contributed by atoms with Crippen molar-refractivity contribution in [1.29, 1.82) is 0 Å². The van der Waals surface area contributed by atoms with Crippen molar-refractivity contribution in [2.75, 3.05) is 12.4 Å². The Hall–Kier alpha value is -1.64. The zero-order chi connectivity index (χ0) is 16.8. The van der Waals surface area contributed by atoms with Crippen molar-refractivity contribution < 1.29 is 12.8 Å². The fraction of sp³-hybridized carbons (Fsp3) is 0.214. The Morgan fingerprint density at radius 3 is 2.78 bits per heavy atom. The average molecular weight is 374 g/mol. The number of hydrogen-bond acceptors (Lipinski definition) is 4. The number of sulfonamides is 1. The van der Waals surface area contributed by atoms with Gasteiger partial charge in [-0.1, -0.05) is 30.7 Å². The van der Waals surface area contributed by atoms with Crippen LogP contribution in [0.5, 0.6) is 0 Å². The van der Waals surface area contributed by atoms with Crippen LogP contribution in [0, 0.1) is 5.82 Å². The molecule has 2 aromatic rings. The van der Waals surface area contributed by atoms with Crippen molar-refractivity contribution in [1.82, 2.24) is 4.72 Å². The number of aliphatic imine (C=N–C) groups is 1. The highest BCUT2D eigenvalue weighted by Crippen LogP contribution is 2.47. The fourth-order valence-electron chi connectivity index (χ4n) is 2.41. The topological polar surface area (TPSA) is 70.6 Å². The molecule has 0 saturated heterocycles. The molecule has 1 aliphatic heterocycles. The molecule has 5 nitrogen and oxygen atoms in total. The Kier molecular flexibility index (Phi) is 4.07. The SMILES string of the molecule is CCc1sc2c(c1-c1cccc(F)c1Cl)NC(=NC)NS2(=O)=O. The van der Waals surface area contributed by atoms with Gasteiger partial charge in [0.1, 0.15) is 5.82 Å². The van der Waals surface area contributed by atoms with Gasteiger partial charge >= 0.3 is 0 Å². The largest absolute Gasteiger partial charge is 0.323 e. The van der Waals surface area contributed by atoms with E-state index in [1.165, 1.54) is 13.1 Å². The minimum absolute atomic E-state index is 0.0319. The van der Waals surface area contributed by atoms with Crippen LogP contribution in [-0.4, -0.2) is 21.4 Å². The Bertz CT molecular complexity index is 922. The van der Waals surface area contributed by atoms with Crippen molar-refractivity contribution >= 4 is 44.6 Å². The van der Waals surface area contributed by atoms with Gasteiger partial charge in [0.15, 0.2) is 4.21 Å². The second kappa shape index (κ2) is 5.77. The van der Waals surface area contributed by atoms with Crippen LogP contribution in [0.4, 0.5) is 10.1 Å². The molecule has 1 aromatic heterocycles. The smallest absolute Gasteiger partial charge is 0.275 e.